The number of carbonyl (C=O) groups is 1. The van der Waals surface area contributed by atoms with Gasteiger partial charge in [0.25, 0.3) is 0 Å². The fourth-order valence-electron chi connectivity index (χ4n) is 2.17. The molecule has 1 aliphatic heterocycles. The van der Waals surface area contributed by atoms with E-state index >= 15 is 0 Å². The molecule has 5 heteroatoms. The Labute approximate surface area is 121 Å². The molecule has 0 unspecified atom stereocenters. The maximum absolute atomic E-state index is 12.2. The maximum Gasteiger partial charge on any atom is 0.240 e. The molecule has 0 spiro atoms. The van der Waals surface area contributed by atoms with Crippen LogP contribution in [0.25, 0.3) is 0 Å². The van der Waals surface area contributed by atoms with Crippen LogP contribution in [-0.4, -0.2) is 24.7 Å². The SMILES string of the molecule is Cc1cc(Br)ccc1CNC(=O)C1(N)CCOCC1. The number of halogens is 1. The lowest BCUT2D eigenvalue weighted by Gasteiger charge is -2.31. The maximum atomic E-state index is 12.2. The zero-order valence-corrected chi connectivity index (χ0v) is 12.6. The van der Waals surface area contributed by atoms with Gasteiger partial charge < -0.3 is 15.8 Å². The molecule has 1 aliphatic rings. The summed E-state index contributed by atoms with van der Waals surface area (Å²) in [5.74, 6) is -0.0851. The second-order valence-electron chi connectivity index (χ2n) is 5.02. The van der Waals surface area contributed by atoms with E-state index in [1.165, 1.54) is 0 Å². The summed E-state index contributed by atoms with van der Waals surface area (Å²) in [5, 5.41) is 2.93. The minimum absolute atomic E-state index is 0.0851. The number of ether oxygens (including phenoxy) is 1. The zero-order chi connectivity index (χ0) is 13.9. The molecule has 1 fully saturated rings. The molecule has 1 aromatic carbocycles. The summed E-state index contributed by atoms with van der Waals surface area (Å²) in [4.78, 5) is 12.2. The molecule has 0 saturated carbocycles. The van der Waals surface area contributed by atoms with Gasteiger partial charge in [0, 0.05) is 24.2 Å². The summed E-state index contributed by atoms with van der Waals surface area (Å²) < 4.78 is 6.29. The molecular formula is C14H19BrN2O2. The van der Waals surface area contributed by atoms with Crippen molar-refractivity contribution in [1.29, 1.82) is 0 Å². The van der Waals surface area contributed by atoms with Crippen LogP contribution in [0.3, 0.4) is 0 Å². The average molecular weight is 327 g/mol. The lowest BCUT2D eigenvalue weighted by molar-refractivity contribution is -0.129. The van der Waals surface area contributed by atoms with E-state index in [4.69, 9.17) is 10.5 Å². The molecule has 0 aromatic heterocycles. The van der Waals surface area contributed by atoms with Gasteiger partial charge in [0.05, 0.1) is 5.54 Å². The third-order valence-corrected chi connectivity index (χ3v) is 4.07. The van der Waals surface area contributed by atoms with Crippen LogP contribution >= 0.6 is 15.9 Å². The van der Waals surface area contributed by atoms with Gasteiger partial charge in [-0.05, 0) is 43.0 Å². The van der Waals surface area contributed by atoms with E-state index in [1.54, 1.807) is 0 Å². The average Bonchev–Trinajstić information content (AvgIpc) is 2.38. The molecule has 0 atom stereocenters. The van der Waals surface area contributed by atoms with E-state index in [-0.39, 0.29) is 5.91 Å². The summed E-state index contributed by atoms with van der Waals surface area (Å²) in [6.07, 6.45) is 1.16. The smallest absolute Gasteiger partial charge is 0.240 e. The van der Waals surface area contributed by atoms with Gasteiger partial charge in [-0.15, -0.1) is 0 Å². The third kappa shape index (κ3) is 3.55. The predicted molar refractivity (Wildman–Crippen MR) is 77.7 cm³/mol. The molecule has 0 bridgehead atoms. The van der Waals surface area contributed by atoms with E-state index in [0.29, 0.717) is 32.6 Å². The number of aryl methyl sites for hydroxylation is 1. The molecule has 104 valence electrons. The number of carbonyl (C=O) groups excluding carboxylic acids is 1. The second kappa shape index (κ2) is 6.03. The van der Waals surface area contributed by atoms with Crippen LogP contribution in [0.5, 0.6) is 0 Å². The lowest BCUT2D eigenvalue weighted by Crippen LogP contribution is -2.56. The van der Waals surface area contributed by atoms with Gasteiger partial charge in [0.2, 0.25) is 5.91 Å². The highest BCUT2D eigenvalue weighted by Crippen LogP contribution is 2.19. The summed E-state index contributed by atoms with van der Waals surface area (Å²) in [6, 6.07) is 6.02. The van der Waals surface area contributed by atoms with Crippen molar-refractivity contribution in [2.75, 3.05) is 13.2 Å². The van der Waals surface area contributed by atoms with Crippen molar-refractivity contribution in [3.63, 3.8) is 0 Å². The number of benzene rings is 1. The van der Waals surface area contributed by atoms with E-state index in [2.05, 4.69) is 21.2 Å². The number of hydrogen-bond donors (Lipinski definition) is 2. The van der Waals surface area contributed by atoms with Crippen molar-refractivity contribution in [3.05, 3.63) is 33.8 Å². The molecule has 1 heterocycles. The predicted octanol–water partition coefficient (Wildman–Crippen LogP) is 1.88. The molecule has 1 saturated heterocycles. The number of nitrogens with two attached hydrogens (primary N) is 1. The van der Waals surface area contributed by atoms with Crippen molar-refractivity contribution in [1.82, 2.24) is 5.32 Å². The highest BCUT2D eigenvalue weighted by molar-refractivity contribution is 9.10. The van der Waals surface area contributed by atoms with E-state index in [1.807, 2.05) is 25.1 Å². The van der Waals surface area contributed by atoms with Crippen molar-refractivity contribution in [2.45, 2.75) is 31.8 Å². The first-order valence-corrected chi connectivity index (χ1v) is 7.20. The number of amides is 1. The van der Waals surface area contributed by atoms with Gasteiger partial charge in [-0.3, -0.25) is 4.79 Å². The van der Waals surface area contributed by atoms with Gasteiger partial charge in [-0.2, -0.15) is 0 Å². The minimum Gasteiger partial charge on any atom is -0.381 e. The second-order valence-corrected chi connectivity index (χ2v) is 5.94. The largest absolute Gasteiger partial charge is 0.381 e. The Kier molecular flexibility index (Phi) is 4.60. The van der Waals surface area contributed by atoms with Crippen LogP contribution in [-0.2, 0) is 16.1 Å². The van der Waals surface area contributed by atoms with Crippen LogP contribution in [0, 0.1) is 6.92 Å². The normalized spacial score (nSPS) is 18.1. The van der Waals surface area contributed by atoms with Gasteiger partial charge in [-0.25, -0.2) is 0 Å². The van der Waals surface area contributed by atoms with Crippen LogP contribution in [0.15, 0.2) is 22.7 Å². The highest BCUT2D eigenvalue weighted by Gasteiger charge is 2.35. The van der Waals surface area contributed by atoms with Crippen molar-refractivity contribution >= 4 is 21.8 Å². The molecule has 1 amide bonds. The Bertz CT molecular complexity index is 471. The Balaban J connectivity index is 1.96. The fourth-order valence-corrected chi connectivity index (χ4v) is 2.65. The summed E-state index contributed by atoms with van der Waals surface area (Å²) >= 11 is 3.43. The van der Waals surface area contributed by atoms with Crippen LogP contribution < -0.4 is 11.1 Å². The molecule has 1 aromatic rings. The summed E-state index contributed by atoms with van der Waals surface area (Å²) in [7, 11) is 0. The monoisotopic (exact) mass is 326 g/mol. The molecule has 2 rings (SSSR count). The molecule has 0 aliphatic carbocycles. The lowest BCUT2D eigenvalue weighted by atomic mass is 9.90. The van der Waals surface area contributed by atoms with E-state index in [9.17, 15) is 4.79 Å². The first-order chi connectivity index (χ1) is 9.01. The molecule has 4 nitrogen and oxygen atoms in total. The van der Waals surface area contributed by atoms with Crippen LogP contribution in [0.4, 0.5) is 0 Å². The Morgan fingerprint density at radius 2 is 2.16 bits per heavy atom. The number of rotatable bonds is 3. The van der Waals surface area contributed by atoms with E-state index < -0.39 is 5.54 Å². The van der Waals surface area contributed by atoms with Crippen molar-refractivity contribution in [2.24, 2.45) is 5.73 Å². The fraction of sp³-hybridized carbons (Fsp3) is 0.500. The van der Waals surface area contributed by atoms with Gasteiger partial charge in [-0.1, -0.05) is 22.0 Å². The van der Waals surface area contributed by atoms with E-state index in [0.717, 1.165) is 15.6 Å². The number of nitrogens with one attached hydrogen (secondary N) is 1. The molecule has 3 N–H and O–H groups in total. The van der Waals surface area contributed by atoms with Crippen molar-refractivity contribution < 1.29 is 9.53 Å². The van der Waals surface area contributed by atoms with Crippen LogP contribution in [0.1, 0.15) is 24.0 Å². The summed E-state index contributed by atoms with van der Waals surface area (Å²) in [5.41, 5.74) is 7.60. The quantitative estimate of drug-likeness (QED) is 0.891. The third-order valence-electron chi connectivity index (χ3n) is 3.58. The molecular weight excluding hydrogens is 308 g/mol. The zero-order valence-electron chi connectivity index (χ0n) is 11.0. The first kappa shape index (κ1) is 14.5. The van der Waals surface area contributed by atoms with Crippen molar-refractivity contribution in [3.8, 4) is 0 Å². The molecule has 19 heavy (non-hydrogen) atoms. The topological polar surface area (TPSA) is 64.4 Å². The standard InChI is InChI=1S/C14H19BrN2O2/c1-10-8-12(15)3-2-11(10)9-17-13(18)14(16)4-6-19-7-5-14/h2-3,8H,4-7,9,16H2,1H3,(H,17,18). The highest BCUT2D eigenvalue weighted by atomic mass is 79.9. The van der Waals surface area contributed by atoms with Gasteiger partial charge >= 0.3 is 0 Å². The Morgan fingerprint density at radius 3 is 2.79 bits per heavy atom. The van der Waals surface area contributed by atoms with Gasteiger partial charge in [0.1, 0.15) is 0 Å². The number of hydrogen-bond acceptors (Lipinski definition) is 3. The Morgan fingerprint density at radius 1 is 1.47 bits per heavy atom. The Hall–Kier alpha value is -0.910. The first-order valence-electron chi connectivity index (χ1n) is 6.41. The van der Waals surface area contributed by atoms with Crippen LogP contribution in [0.2, 0.25) is 0 Å². The minimum atomic E-state index is -0.776. The van der Waals surface area contributed by atoms with Gasteiger partial charge in [0.15, 0.2) is 0 Å². The molecule has 0 radical (unpaired) electrons. The summed E-state index contributed by atoms with van der Waals surface area (Å²) in [6.45, 7) is 3.65.